The Hall–Kier alpha value is -5.34. The molecule has 14 heteroatoms. The van der Waals surface area contributed by atoms with Crippen molar-refractivity contribution < 1.29 is 24.3 Å². The van der Waals surface area contributed by atoms with Gasteiger partial charge < -0.3 is 41.7 Å². The number of hydrogen-bond donors (Lipinski definition) is 6. The van der Waals surface area contributed by atoms with Crippen molar-refractivity contribution in [2.45, 2.75) is 56.9 Å². The van der Waals surface area contributed by atoms with Gasteiger partial charge in [0.25, 0.3) is 0 Å². The highest BCUT2D eigenvalue weighted by Crippen LogP contribution is 2.08. The van der Waals surface area contributed by atoms with E-state index in [1.54, 1.807) is 18.9 Å². The lowest BCUT2D eigenvalue weighted by Gasteiger charge is -2.20. The van der Waals surface area contributed by atoms with E-state index in [1.807, 2.05) is 76.0 Å². The highest BCUT2D eigenvalue weighted by molar-refractivity contribution is 5.91. The fourth-order valence-electron chi connectivity index (χ4n) is 4.90. The number of benzene rings is 2. The molecule has 0 aliphatic heterocycles. The number of hydrogen-bond acceptors (Lipinski definition) is 8. The Kier molecular flexibility index (Phi) is 12.8. The topological polar surface area (TPSA) is 212 Å². The van der Waals surface area contributed by atoms with Crippen molar-refractivity contribution in [3.05, 3.63) is 108 Å². The molecule has 3 amide bonds. The molecular formula is C33H41N9O5. The molecule has 0 unspecified atom stereocenters. The summed E-state index contributed by atoms with van der Waals surface area (Å²) in [5, 5.41) is 16.6. The van der Waals surface area contributed by atoms with Crippen LogP contribution in [0.1, 0.15) is 35.4 Å². The molecule has 14 nitrogen and oxygen atoms in total. The van der Waals surface area contributed by atoms with E-state index < -0.39 is 42.5 Å². The highest BCUT2D eigenvalue weighted by atomic mass is 16.4. The maximum absolute atomic E-state index is 12.9. The zero-order chi connectivity index (χ0) is 33.6. The van der Waals surface area contributed by atoms with Gasteiger partial charge in [-0.05, 0) is 24.0 Å². The first-order valence-electron chi connectivity index (χ1n) is 15.3. The molecule has 2 aromatic carbocycles. The molecule has 248 valence electrons. The predicted molar refractivity (Wildman–Crippen MR) is 174 cm³/mol. The fraction of sp³-hybridized carbons (Fsp3) is 0.333. The lowest BCUT2D eigenvalue weighted by Crippen LogP contribution is -2.53. The minimum absolute atomic E-state index is 0.120. The minimum atomic E-state index is -1.22. The van der Waals surface area contributed by atoms with Crippen LogP contribution in [0.2, 0.25) is 0 Å². The lowest BCUT2D eigenvalue weighted by atomic mass is 10.1. The molecule has 2 heterocycles. The standard InChI is InChI=1S/C33H41N9O5/c34-27(14-25-19-41(21-38-25)17-23-8-3-1-4-9-23)31(45)36-13-7-12-29(33(47)37-16-30(43)44)40-32(46)28(35)15-26-20-42(22-39-26)18-24-10-5-2-6-11-24/h1-6,8-11,19-22,27-29H,7,12-18,34-35H2,(H,36,45)(H,37,47)(H,40,46)(H,43,44)/t27-,28-,29-/m0/s1. The van der Waals surface area contributed by atoms with Crippen LogP contribution in [0.15, 0.2) is 85.7 Å². The number of carboxylic acid groups (broad SMARTS) is 1. The van der Waals surface area contributed by atoms with Crippen molar-refractivity contribution in [2.24, 2.45) is 11.5 Å². The molecule has 2 aromatic heterocycles. The molecule has 0 spiro atoms. The van der Waals surface area contributed by atoms with Crippen LogP contribution in [0.4, 0.5) is 0 Å². The van der Waals surface area contributed by atoms with Gasteiger partial charge in [0, 0.05) is 44.9 Å². The van der Waals surface area contributed by atoms with E-state index in [4.69, 9.17) is 16.6 Å². The number of carbonyl (C=O) groups is 4. The quantitative estimate of drug-likeness (QED) is 0.0816. The van der Waals surface area contributed by atoms with E-state index in [-0.39, 0.29) is 31.7 Å². The van der Waals surface area contributed by atoms with Gasteiger partial charge in [0.05, 0.1) is 36.1 Å². The van der Waals surface area contributed by atoms with E-state index in [9.17, 15) is 19.2 Å². The van der Waals surface area contributed by atoms with Gasteiger partial charge in [-0.3, -0.25) is 19.2 Å². The molecule has 0 saturated heterocycles. The highest BCUT2D eigenvalue weighted by Gasteiger charge is 2.25. The van der Waals surface area contributed by atoms with E-state index in [0.29, 0.717) is 30.9 Å². The van der Waals surface area contributed by atoms with Crippen LogP contribution in [0.5, 0.6) is 0 Å². The second-order valence-corrected chi connectivity index (χ2v) is 11.3. The van der Waals surface area contributed by atoms with Crippen LogP contribution >= 0.6 is 0 Å². The molecule has 0 bridgehead atoms. The summed E-state index contributed by atoms with van der Waals surface area (Å²) in [7, 11) is 0. The van der Waals surface area contributed by atoms with Crippen molar-refractivity contribution in [3.8, 4) is 0 Å². The van der Waals surface area contributed by atoms with E-state index >= 15 is 0 Å². The zero-order valence-corrected chi connectivity index (χ0v) is 26.0. The van der Waals surface area contributed by atoms with Crippen LogP contribution < -0.4 is 27.4 Å². The average molecular weight is 644 g/mol. The summed E-state index contributed by atoms with van der Waals surface area (Å²) in [6, 6.07) is 16.8. The number of aliphatic carboxylic acids is 1. The third-order valence-corrected chi connectivity index (χ3v) is 7.34. The number of aromatic nitrogens is 4. The first kappa shape index (κ1) is 34.5. The van der Waals surface area contributed by atoms with Gasteiger partial charge in [0.1, 0.15) is 12.6 Å². The van der Waals surface area contributed by atoms with Gasteiger partial charge in [0.2, 0.25) is 17.7 Å². The van der Waals surface area contributed by atoms with E-state index in [0.717, 1.165) is 11.1 Å². The second kappa shape index (κ2) is 17.4. The van der Waals surface area contributed by atoms with Gasteiger partial charge in [-0.15, -0.1) is 0 Å². The average Bonchev–Trinajstić information content (AvgIpc) is 3.70. The maximum atomic E-state index is 12.9. The number of carbonyl (C=O) groups excluding carboxylic acids is 3. The predicted octanol–water partition coefficient (Wildman–Crippen LogP) is 0.198. The SMILES string of the molecule is N[C@@H](Cc1cn(Cc2ccccc2)cn1)C(=O)NCCC[C@H](NC(=O)[C@@H](N)Cc1cn(Cc2ccccc2)cn1)C(=O)NCC(=O)O. The van der Waals surface area contributed by atoms with Gasteiger partial charge >= 0.3 is 5.97 Å². The molecule has 0 fully saturated rings. The molecule has 0 saturated carbocycles. The van der Waals surface area contributed by atoms with Gasteiger partial charge in [-0.25, -0.2) is 9.97 Å². The van der Waals surface area contributed by atoms with E-state index in [1.165, 1.54) is 0 Å². The fourth-order valence-corrected chi connectivity index (χ4v) is 4.90. The molecule has 3 atom stereocenters. The third-order valence-electron chi connectivity index (χ3n) is 7.34. The Bertz CT molecular complexity index is 1610. The summed E-state index contributed by atoms with van der Waals surface area (Å²) in [5.74, 6) is -2.87. The lowest BCUT2D eigenvalue weighted by molar-refractivity contribution is -0.138. The number of nitrogens with one attached hydrogen (secondary N) is 3. The van der Waals surface area contributed by atoms with Crippen molar-refractivity contribution in [2.75, 3.05) is 13.1 Å². The maximum Gasteiger partial charge on any atom is 0.322 e. The van der Waals surface area contributed by atoms with E-state index in [2.05, 4.69) is 25.9 Å². The number of rotatable bonds is 18. The van der Waals surface area contributed by atoms with Gasteiger partial charge in [-0.1, -0.05) is 60.7 Å². The van der Waals surface area contributed by atoms with Crippen LogP contribution in [0.3, 0.4) is 0 Å². The molecule has 0 aliphatic carbocycles. The van der Waals surface area contributed by atoms with Crippen LogP contribution in [0.25, 0.3) is 0 Å². The molecule has 4 aromatic rings. The summed E-state index contributed by atoms with van der Waals surface area (Å²) >= 11 is 0. The first-order valence-corrected chi connectivity index (χ1v) is 15.3. The number of amides is 3. The zero-order valence-electron chi connectivity index (χ0n) is 26.0. The molecule has 0 radical (unpaired) electrons. The minimum Gasteiger partial charge on any atom is -0.480 e. The van der Waals surface area contributed by atoms with Crippen LogP contribution in [0, 0.1) is 0 Å². The van der Waals surface area contributed by atoms with Crippen molar-refractivity contribution in [1.82, 2.24) is 35.1 Å². The van der Waals surface area contributed by atoms with Gasteiger partial charge in [-0.2, -0.15) is 0 Å². The summed E-state index contributed by atoms with van der Waals surface area (Å²) in [6.07, 6.45) is 7.81. The number of imidazole rings is 2. The normalized spacial score (nSPS) is 12.9. The van der Waals surface area contributed by atoms with Crippen LogP contribution in [-0.4, -0.2) is 79.1 Å². The largest absolute Gasteiger partial charge is 0.480 e. The summed E-state index contributed by atoms with van der Waals surface area (Å²) < 4.78 is 3.81. The Morgan fingerprint density at radius 2 is 1.23 bits per heavy atom. The van der Waals surface area contributed by atoms with Crippen LogP contribution in [-0.2, 0) is 45.1 Å². The Labute approximate surface area is 272 Å². The monoisotopic (exact) mass is 643 g/mol. The summed E-state index contributed by atoms with van der Waals surface area (Å²) in [5.41, 5.74) is 15.8. The number of nitrogens with two attached hydrogens (primary N) is 2. The second-order valence-electron chi connectivity index (χ2n) is 11.3. The molecule has 0 aliphatic rings. The Morgan fingerprint density at radius 1 is 0.723 bits per heavy atom. The Morgan fingerprint density at radius 3 is 1.74 bits per heavy atom. The number of nitrogens with zero attached hydrogens (tertiary/aromatic N) is 4. The Balaban J connectivity index is 1.23. The summed E-state index contributed by atoms with van der Waals surface area (Å²) in [4.78, 5) is 58.0. The molecular weight excluding hydrogens is 602 g/mol. The number of carboxylic acids is 1. The van der Waals surface area contributed by atoms with Crippen molar-refractivity contribution in [1.29, 1.82) is 0 Å². The molecule has 8 N–H and O–H groups in total. The molecule has 4 rings (SSSR count). The van der Waals surface area contributed by atoms with Crippen molar-refractivity contribution in [3.63, 3.8) is 0 Å². The summed E-state index contributed by atoms with van der Waals surface area (Å²) in [6.45, 7) is 0.833. The third kappa shape index (κ3) is 11.5. The molecule has 47 heavy (non-hydrogen) atoms. The van der Waals surface area contributed by atoms with Gasteiger partial charge in [0.15, 0.2) is 0 Å². The first-order chi connectivity index (χ1) is 22.7. The van der Waals surface area contributed by atoms with Crippen molar-refractivity contribution >= 4 is 23.7 Å². The smallest absolute Gasteiger partial charge is 0.322 e.